The highest BCUT2D eigenvalue weighted by atomic mass is 16.5. The summed E-state index contributed by atoms with van der Waals surface area (Å²) in [6.07, 6.45) is 1.18. The minimum atomic E-state index is 0.566. The molecule has 0 aromatic carbocycles. The number of nitrogens with zero attached hydrogens (tertiary/aromatic N) is 2. The van der Waals surface area contributed by atoms with Gasteiger partial charge in [-0.3, -0.25) is 4.90 Å². The Labute approximate surface area is 97.0 Å². The first-order valence-electron chi connectivity index (χ1n) is 6.08. The van der Waals surface area contributed by atoms with Gasteiger partial charge in [-0.1, -0.05) is 12.1 Å². The predicted octanol–water partition coefficient (Wildman–Crippen LogP) is 1.56. The third kappa shape index (κ3) is 2.62. The van der Waals surface area contributed by atoms with Crippen LogP contribution in [0.25, 0.3) is 0 Å². The molecular weight excluding hydrogens is 202 g/mol. The van der Waals surface area contributed by atoms with E-state index in [4.69, 9.17) is 4.52 Å². The second-order valence-electron chi connectivity index (χ2n) is 4.73. The molecule has 90 valence electrons. The van der Waals surface area contributed by atoms with Crippen molar-refractivity contribution in [2.45, 2.75) is 45.8 Å². The van der Waals surface area contributed by atoms with Crippen LogP contribution >= 0.6 is 0 Å². The fraction of sp³-hybridized carbons (Fsp3) is 0.750. The van der Waals surface area contributed by atoms with E-state index in [9.17, 15) is 0 Å². The quantitative estimate of drug-likeness (QED) is 0.844. The maximum atomic E-state index is 5.11. The van der Waals surface area contributed by atoms with Crippen molar-refractivity contribution in [3.05, 3.63) is 17.5 Å². The van der Waals surface area contributed by atoms with Gasteiger partial charge in [0.1, 0.15) is 5.76 Å². The Balaban J connectivity index is 2.00. The van der Waals surface area contributed by atoms with Gasteiger partial charge in [0.2, 0.25) is 0 Å². The zero-order valence-corrected chi connectivity index (χ0v) is 10.4. The van der Waals surface area contributed by atoms with Crippen LogP contribution in [0.4, 0.5) is 0 Å². The van der Waals surface area contributed by atoms with Crippen LogP contribution in [0.15, 0.2) is 10.6 Å². The van der Waals surface area contributed by atoms with Crippen LogP contribution in [0.1, 0.15) is 31.7 Å². The summed E-state index contributed by atoms with van der Waals surface area (Å²) >= 11 is 0. The zero-order valence-electron chi connectivity index (χ0n) is 10.4. The van der Waals surface area contributed by atoms with Crippen LogP contribution in [0, 0.1) is 6.92 Å². The van der Waals surface area contributed by atoms with Crippen LogP contribution in [0.2, 0.25) is 0 Å². The molecule has 1 fully saturated rings. The van der Waals surface area contributed by atoms with Crippen LogP contribution in [-0.2, 0) is 6.54 Å². The molecule has 0 saturated carbocycles. The summed E-state index contributed by atoms with van der Waals surface area (Å²) in [4.78, 5) is 2.50. The van der Waals surface area contributed by atoms with Gasteiger partial charge in [0.15, 0.2) is 0 Å². The molecule has 1 N–H and O–H groups in total. The lowest BCUT2D eigenvalue weighted by Crippen LogP contribution is -2.54. The first-order valence-corrected chi connectivity index (χ1v) is 6.08. The van der Waals surface area contributed by atoms with E-state index in [0.29, 0.717) is 12.1 Å². The van der Waals surface area contributed by atoms with Gasteiger partial charge in [0.25, 0.3) is 0 Å². The zero-order chi connectivity index (χ0) is 11.5. The Morgan fingerprint density at radius 2 is 2.44 bits per heavy atom. The molecule has 0 radical (unpaired) electrons. The lowest BCUT2D eigenvalue weighted by Gasteiger charge is -2.38. The topological polar surface area (TPSA) is 41.3 Å². The van der Waals surface area contributed by atoms with Crippen molar-refractivity contribution >= 4 is 0 Å². The molecule has 1 aromatic rings. The maximum Gasteiger partial charge on any atom is 0.133 e. The lowest BCUT2D eigenvalue weighted by molar-refractivity contribution is 0.121. The third-order valence-corrected chi connectivity index (χ3v) is 3.24. The molecule has 1 aliphatic rings. The molecule has 2 unspecified atom stereocenters. The molecule has 0 bridgehead atoms. The first kappa shape index (κ1) is 11.6. The van der Waals surface area contributed by atoms with E-state index in [2.05, 4.69) is 29.2 Å². The van der Waals surface area contributed by atoms with Crippen molar-refractivity contribution in [2.75, 3.05) is 13.1 Å². The van der Waals surface area contributed by atoms with E-state index in [1.54, 1.807) is 0 Å². The standard InChI is InChI=1S/C12H21N3O/c1-4-12-6-13-9(2)7-15(12)8-11-5-10(3)16-14-11/h5,9,12-13H,4,6-8H2,1-3H3. The van der Waals surface area contributed by atoms with Gasteiger partial charge in [0, 0.05) is 37.8 Å². The summed E-state index contributed by atoms with van der Waals surface area (Å²) in [5, 5.41) is 7.59. The summed E-state index contributed by atoms with van der Waals surface area (Å²) < 4.78 is 5.11. The minimum absolute atomic E-state index is 0.566. The molecule has 16 heavy (non-hydrogen) atoms. The second kappa shape index (κ2) is 4.97. The molecular formula is C12H21N3O. The Hall–Kier alpha value is -0.870. The van der Waals surface area contributed by atoms with Crippen LogP contribution in [0.3, 0.4) is 0 Å². The average Bonchev–Trinajstić information content (AvgIpc) is 2.64. The van der Waals surface area contributed by atoms with Crippen molar-refractivity contribution < 1.29 is 4.52 Å². The van der Waals surface area contributed by atoms with E-state index in [1.165, 1.54) is 6.42 Å². The summed E-state index contributed by atoms with van der Waals surface area (Å²) in [7, 11) is 0. The molecule has 1 aliphatic heterocycles. The van der Waals surface area contributed by atoms with E-state index < -0.39 is 0 Å². The summed E-state index contributed by atoms with van der Waals surface area (Å²) in [6.45, 7) is 9.48. The van der Waals surface area contributed by atoms with Gasteiger partial charge in [-0.15, -0.1) is 0 Å². The third-order valence-electron chi connectivity index (χ3n) is 3.24. The Morgan fingerprint density at radius 3 is 3.06 bits per heavy atom. The maximum absolute atomic E-state index is 5.11. The molecule has 0 aliphatic carbocycles. The monoisotopic (exact) mass is 223 g/mol. The van der Waals surface area contributed by atoms with Gasteiger partial charge in [-0.05, 0) is 20.3 Å². The molecule has 2 heterocycles. The summed E-state index contributed by atoms with van der Waals surface area (Å²) in [5.41, 5.74) is 1.05. The number of piperazine rings is 1. The van der Waals surface area contributed by atoms with E-state index >= 15 is 0 Å². The second-order valence-corrected chi connectivity index (χ2v) is 4.73. The van der Waals surface area contributed by atoms with Crippen LogP contribution < -0.4 is 5.32 Å². The van der Waals surface area contributed by atoms with E-state index in [-0.39, 0.29) is 0 Å². The molecule has 1 aromatic heterocycles. The van der Waals surface area contributed by atoms with E-state index in [1.807, 2.05) is 13.0 Å². The van der Waals surface area contributed by atoms with E-state index in [0.717, 1.165) is 31.1 Å². The van der Waals surface area contributed by atoms with Crippen molar-refractivity contribution in [1.82, 2.24) is 15.4 Å². The minimum Gasteiger partial charge on any atom is -0.361 e. The summed E-state index contributed by atoms with van der Waals surface area (Å²) in [5.74, 6) is 0.895. The Bertz CT molecular complexity index is 337. The number of aryl methyl sites for hydroxylation is 1. The number of hydrogen-bond acceptors (Lipinski definition) is 4. The van der Waals surface area contributed by atoms with Crippen molar-refractivity contribution in [2.24, 2.45) is 0 Å². The Kier molecular flexibility index (Phi) is 3.61. The van der Waals surface area contributed by atoms with Gasteiger partial charge in [-0.25, -0.2) is 0 Å². The van der Waals surface area contributed by atoms with Crippen LogP contribution in [-0.4, -0.2) is 35.2 Å². The first-order chi connectivity index (χ1) is 7.69. The fourth-order valence-corrected chi connectivity index (χ4v) is 2.33. The van der Waals surface area contributed by atoms with Gasteiger partial charge >= 0.3 is 0 Å². The van der Waals surface area contributed by atoms with Gasteiger partial charge < -0.3 is 9.84 Å². The average molecular weight is 223 g/mol. The predicted molar refractivity (Wildman–Crippen MR) is 63.2 cm³/mol. The van der Waals surface area contributed by atoms with Gasteiger partial charge in [-0.2, -0.15) is 0 Å². The molecule has 2 rings (SSSR count). The summed E-state index contributed by atoms with van der Waals surface area (Å²) in [6, 6.07) is 3.21. The number of aromatic nitrogens is 1. The highest BCUT2D eigenvalue weighted by Gasteiger charge is 2.24. The Morgan fingerprint density at radius 1 is 1.62 bits per heavy atom. The van der Waals surface area contributed by atoms with Gasteiger partial charge in [0.05, 0.1) is 5.69 Å². The van der Waals surface area contributed by atoms with Crippen molar-refractivity contribution in [3.63, 3.8) is 0 Å². The molecule has 1 saturated heterocycles. The molecule has 0 spiro atoms. The normalized spacial score (nSPS) is 27.2. The molecule has 4 nitrogen and oxygen atoms in total. The number of rotatable bonds is 3. The fourth-order valence-electron chi connectivity index (χ4n) is 2.33. The van der Waals surface area contributed by atoms with Crippen LogP contribution in [0.5, 0.6) is 0 Å². The number of hydrogen-bond donors (Lipinski definition) is 1. The lowest BCUT2D eigenvalue weighted by atomic mass is 10.1. The smallest absolute Gasteiger partial charge is 0.133 e. The van der Waals surface area contributed by atoms with Crippen molar-refractivity contribution in [3.8, 4) is 0 Å². The molecule has 2 atom stereocenters. The SMILES string of the molecule is CCC1CNC(C)CN1Cc1cc(C)on1. The molecule has 4 heteroatoms. The van der Waals surface area contributed by atoms with Crippen molar-refractivity contribution in [1.29, 1.82) is 0 Å². The molecule has 0 amide bonds. The number of nitrogens with one attached hydrogen (secondary N) is 1. The highest BCUT2D eigenvalue weighted by molar-refractivity contribution is 5.04. The highest BCUT2D eigenvalue weighted by Crippen LogP contribution is 2.14. The largest absolute Gasteiger partial charge is 0.361 e.